The number of fused-ring (bicyclic) bond motifs is 6. The number of nitrogens with zero attached hydrogens (tertiary/aromatic N) is 5. The number of methoxy groups -OCH3 is 2. The zero-order valence-corrected chi connectivity index (χ0v) is 20.1. The lowest BCUT2D eigenvalue weighted by atomic mass is 9.81. The highest BCUT2D eigenvalue weighted by atomic mass is 16.5. The third-order valence-corrected chi connectivity index (χ3v) is 6.76. The lowest BCUT2D eigenvalue weighted by Gasteiger charge is -2.29. The molecule has 37 heavy (non-hydrogen) atoms. The number of hydrogen-bond acceptors (Lipinski definition) is 7. The van der Waals surface area contributed by atoms with E-state index in [-0.39, 0.29) is 5.92 Å². The molecular formula is C29H21N5O3. The molecule has 0 amide bonds. The van der Waals surface area contributed by atoms with E-state index in [2.05, 4.69) is 34.2 Å². The number of benzene rings is 3. The molecule has 6 aromatic rings. The molecule has 8 nitrogen and oxygen atoms in total. The fourth-order valence-electron chi connectivity index (χ4n) is 5.09. The van der Waals surface area contributed by atoms with Crippen molar-refractivity contribution in [3.8, 4) is 34.5 Å². The smallest absolute Gasteiger partial charge is 0.228 e. The summed E-state index contributed by atoms with van der Waals surface area (Å²) in [4.78, 5) is 13.8. The first-order valence-electron chi connectivity index (χ1n) is 11.8. The van der Waals surface area contributed by atoms with Crippen LogP contribution in [-0.4, -0.2) is 38.8 Å². The van der Waals surface area contributed by atoms with Crippen molar-refractivity contribution in [2.24, 2.45) is 0 Å². The summed E-state index contributed by atoms with van der Waals surface area (Å²) in [5.74, 6) is 2.89. The second kappa shape index (κ2) is 8.30. The van der Waals surface area contributed by atoms with E-state index in [1.165, 1.54) is 0 Å². The van der Waals surface area contributed by atoms with Crippen LogP contribution in [0.15, 0.2) is 85.5 Å². The van der Waals surface area contributed by atoms with Crippen LogP contribution < -0.4 is 14.2 Å². The Morgan fingerprint density at radius 1 is 0.892 bits per heavy atom. The van der Waals surface area contributed by atoms with Gasteiger partial charge < -0.3 is 14.2 Å². The Bertz CT molecular complexity index is 1800. The summed E-state index contributed by atoms with van der Waals surface area (Å²) in [5.41, 5.74) is 4.37. The van der Waals surface area contributed by atoms with Gasteiger partial charge in [0.2, 0.25) is 5.88 Å². The van der Waals surface area contributed by atoms with Crippen molar-refractivity contribution in [3.05, 3.63) is 102 Å². The van der Waals surface area contributed by atoms with Gasteiger partial charge in [-0.2, -0.15) is 0 Å². The van der Waals surface area contributed by atoms with E-state index in [4.69, 9.17) is 24.3 Å². The molecule has 0 N–H and O–H groups in total. The molecule has 1 aliphatic rings. The zero-order chi connectivity index (χ0) is 24.9. The number of aromatic nitrogens is 5. The molecule has 7 rings (SSSR count). The summed E-state index contributed by atoms with van der Waals surface area (Å²) in [7, 11) is 3.27. The molecule has 0 bridgehead atoms. The summed E-state index contributed by atoms with van der Waals surface area (Å²) < 4.78 is 19.3. The summed E-state index contributed by atoms with van der Waals surface area (Å²) in [6, 6.07) is 22.2. The van der Waals surface area contributed by atoms with Gasteiger partial charge in [0.05, 0.1) is 19.8 Å². The average Bonchev–Trinajstić information content (AvgIpc) is 3.41. The first-order chi connectivity index (χ1) is 18.2. The van der Waals surface area contributed by atoms with E-state index in [0.29, 0.717) is 28.9 Å². The van der Waals surface area contributed by atoms with Crippen molar-refractivity contribution < 1.29 is 14.2 Å². The predicted octanol–water partition coefficient (Wildman–Crippen LogP) is 5.64. The third-order valence-electron chi connectivity index (χ3n) is 6.76. The van der Waals surface area contributed by atoms with E-state index in [0.717, 1.165) is 38.8 Å². The minimum Gasteiger partial charge on any atom is -0.493 e. The molecule has 180 valence electrons. The van der Waals surface area contributed by atoms with Crippen molar-refractivity contribution >= 4 is 16.4 Å². The Hall–Kier alpha value is -4.98. The minimum absolute atomic E-state index is 0.244. The molecule has 4 heterocycles. The SMILES string of the molecule is COc1ccc(C2c3c(ccc4ccccc34)Oc3ncn4nc(-c5cccnc5)nc4c32)cc1OC. The fraction of sp³-hybridized carbons (Fsp3) is 0.103. The van der Waals surface area contributed by atoms with Crippen LogP contribution in [-0.2, 0) is 0 Å². The van der Waals surface area contributed by atoms with E-state index >= 15 is 0 Å². The maximum Gasteiger partial charge on any atom is 0.228 e. The highest BCUT2D eigenvalue weighted by Gasteiger charge is 2.35. The standard InChI is InChI=1S/C29H21N5O3/c1-35-21-11-10-18(14-23(21)36-2)24-25-20-8-4-3-6-17(20)9-12-22(25)37-29-26(24)28-32-27(33-34(28)16-31-29)19-7-5-13-30-15-19/h3-16,24H,1-2H3. The molecule has 1 aliphatic heterocycles. The van der Waals surface area contributed by atoms with Crippen LogP contribution in [0.4, 0.5) is 0 Å². The minimum atomic E-state index is -0.244. The topological polar surface area (TPSA) is 83.7 Å². The molecule has 0 aliphatic carbocycles. The third kappa shape index (κ3) is 3.30. The van der Waals surface area contributed by atoms with Crippen LogP contribution in [0.3, 0.4) is 0 Å². The van der Waals surface area contributed by atoms with Gasteiger partial charge in [-0.15, -0.1) is 5.10 Å². The van der Waals surface area contributed by atoms with E-state index in [9.17, 15) is 0 Å². The van der Waals surface area contributed by atoms with E-state index in [1.54, 1.807) is 37.5 Å². The summed E-state index contributed by atoms with van der Waals surface area (Å²) >= 11 is 0. The zero-order valence-electron chi connectivity index (χ0n) is 20.1. The Morgan fingerprint density at radius 3 is 2.62 bits per heavy atom. The number of pyridine rings is 1. The van der Waals surface area contributed by atoms with Crippen LogP contribution in [0.25, 0.3) is 27.8 Å². The van der Waals surface area contributed by atoms with Gasteiger partial charge in [0.15, 0.2) is 23.0 Å². The predicted molar refractivity (Wildman–Crippen MR) is 139 cm³/mol. The van der Waals surface area contributed by atoms with Crippen LogP contribution in [0.2, 0.25) is 0 Å². The number of ether oxygens (including phenoxy) is 3. The molecule has 0 fully saturated rings. The molecular weight excluding hydrogens is 466 g/mol. The van der Waals surface area contributed by atoms with Gasteiger partial charge in [0.1, 0.15) is 12.1 Å². The monoisotopic (exact) mass is 487 g/mol. The second-order valence-electron chi connectivity index (χ2n) is 8.76. The summed E-state index contributed by atoms with van der Waals surface area (Å²) in [6.45, 7) is 0. The van der Waals surface area contributed by atoms with Crippen LogP contribution in [0, 0.1) is 0 Å². The highest BCUT2D eigenvalue weighted by Crippen LogP contribution is 2.51. The quantitative estimate of drug-likeness (QED) is 0.318. The van der Waals surface area contributed by atoms with Crippen molar-refractivity contribution in [1.29, 1.82) is 0 Å². The number of rotatable bonds is 4. The molecule has 1 unspecified atom stereocenters. The lowest BCUT2D eigenvalue weighted by molar-refractivity contribution is 0.354. The summed E-state index contributed by atoms with van der Waals surface area (Å²) in [5, 5.41) is 6.92. The molecule has 0 radical (unpaired) electrons. The Kier molecular flexibility index (Phi) is 4.78. The summed E-state index contributed by atoms with van der Waals surface area (Å²) in [6.07, 6.45) is 5.12. The van der Waals surface area contributed by atoms with Gasteiger partial charge in [-0.05, 0) is 46.7 Å². The van der Waals surface area contributed by atoms with E-state index < -0.39 is 0 Å². The molecule has 0 spiro atoms. The van der Waals surface area contributed by atoms with Crippen LogP contribution in [0.1, 0.15) is 22.6 Å². The molecule has 3 aromatic heterocycles. The molecule has 3 aromatic carbocycles. The first kappa shape index (κ1) is 21.3. The van der Waals surface area contributed by atoms with Gasteiger partial charge in [-0.3, -0.25) is 4.98 Å². The van der Waals surface area contributed by atoms with Crippen LogP contribution >= 0.6 is 0 Å². The van der Waals surface area contributed by atoms with Gasteiger partial charge in [0, 0.05) is 29.4 Å². The first-order valence-corrected chi connectivity index (χ1v) is 11.8. The Balaban J connectivity index is 1.54. The van der Waals surface area contributed by atoms with Crippen molar-refractivity contribution in [3.63, 3.8) is 0 Å². The molecule has 0 saturated heterocycles. The molecule has 0 saturated carbocycles. The van der Waals surface area contributed by atoms with Gasteiger partial charge in [0.25, 0.3) is 0 Å². The van der Waals surface area contributed by atoms with Crippen LogP contribution in [0.5, 0.6) is 23.1 Å². The second-order valence-corrected chi connectivity index (χ2v) is 8.76. The lowest BCUT2D eigenvalue weighted by Crippen LogP contribution is -2.15. The van der Waals surface area contributed by atoms with Crippen molar-refractivity contribution in [1.82, 2.24) is 24.6 Å². The maximum absolute atomic E-state index is 6.40. The average molecular weight is 488 g/mol. The Morgan fingerprint density at radius 2 is 1.78 bits per heavy atom. The number of hydrogen-bond donors (Lipinski definition) is 0. The normalized spacial score (nSPS) is 14.2. The van der Waals surface area contributed by atoms with Crippen molar-refractivity contribution in [2.75, 3.05) is 14.2 Å². The highest BCUT2D eigenvalue weighted by molar-refractivity contribution is 5.91. The fourth-order valence-corrected chi connectivity index (χ4v) is 5.09. The van der Waals surface area contributed by atoms with Gasteiger partial charge in [-0.1, -0.05) is 36.4 Å². The molecule has 8 heteroatoms. The van der Waals surface area contributed by atoms with Gasteiger partial charge in [-0.25, -0.2) is 14.5 Å². The maximum atomic E-state index is 6.40. The Labute approximate surface area is 212 Å². The molecule has 1 atom stereocenters. The van der Waals surface area contributed by atoms with Crippen molar-refractivity contribution in [2.45, 2.75) is 5.92 Å². The van der Waals surface area contributed by atoms with E-state index in [1.807, 2.05) is 42.5 Å². The largest absolute Gasteiger partial charge is 0.493 e. The van der Waals surface area contributed by atoms with Gasteiger partial charge >= 0.3 is 0 Å².